The van der Waals surface area contributed by atoms with Gasteiger partial charge in [0, 0.05) is 33.0 Å². The summed E-state index contributed by atoms with van der Waals surface area (Å²) in [7, 11) is 1.59. The van der Waals surface area contributed by atoms with Gasteiger partial charge >= 0.3 is 11.7 Å². The largest absolute Gasteiger partial charge is 0.481 e. The lowest BCUT2D eigenvalue weighted by molar-refractivity contribution is -0.138. The van der Waals surface area contributed by atoms with Crippen molar-refractivity contribution in [1.82, 2.24) is 24.4 Å². The second kappa shape index (κ2) is 7.30. The number of amides is 2. The van der Waals surface area contributed by atoms with Gasteiger partial charge in [-0.05, 0) is 25.2 Å². The maximum Gasteiger partial charge on any atom is 0.330 e. The van der Waals surface area contributed by atoms with Gasteiger partial charge in [-0.3, -0.25) is 28.8 Å². The van der Waals surface area contributed by atoms with E-state index >= 15 is 0 Å². The van der Waals surface area contributed by atoms with Crippen molar-refractivity contribution in [3.63, 3.8) is 0 Å². The zero-order chi connectivity index (χ0) is 20.7. The maximum absolute atomic E-state index is 12.8. The van der Waals surface area contributed by atoms with Crippen LogP contribution in [0.3, 0.4) is 0 Å². The number of hydrogen-bond donors (Lipinski definition) is 2. The predicted octanol–water partition coefficient (Wildman–Crippen LogP) is -0.201. The Kier molecular flexibility index (Phi) is 4.81. The molecule has 154 valence electrons. The first-order valence-electron chi connectivity index (χ1n) is 9.59. The van der Waals surface area contributed by atoms with Crippen LogP contribution in [0.4, 0.5) is 5.95 Å². The number of fused-ring (bicyclic) bond motifs is 1. The number of nitrogens with zero attached hydrogens (tertiary/aromatic N) is 5. The first-order valence-corrected chi connectivity index (χ1v) is 9.59. The van der Waals surface area contributed by atoms with Crippen molar-refractivity contribution in [3.8, 4) is 0 Å². The normalized spacial score (nSPS) is 20.9. The highest BCUT2D eigenvalue weighted by atomic mass is 16.4. The van der Waals surface area contributed by atoms with Crippen molar-refractivity contribution < 1.29 is 19.5 Å². The Balaban J connectivity index is 1.62. The van der Waals surface area contributed by atoms with E-state index in [0.717, 1.165) is 12.8 Å². The van der Waals surface area contributed by atoms with Crippen LogP contribution in [0.2, 0.25) is 0 Å². The Labute approximate surface area is 165 Å². The smallest absolute Gasteiger partial charge is 0.330 e. The molecule has 0 spiro atoms. The fourth-order valence-electron chi connectivity index (χ4n) is 4.10. The molecule has 4 heterocycles. The number of aliphatic carboxylic acids is 1. The van der Waals surface area contributed by atoms with E-state index in [1.54, 1.807) is 7.05 Å². The van der Waals surface area contributed by atoms with Crippen LogP contribution in [0.1, 0.15) is 38.1 Å². The number of imidazole rings is 1. The van der Waals surface area contributed by atoms with Gasteiger partial charge in [-0.1, -0.05) is 0 Å². The number of carbonyl (C=O) groups is 3. The van der Waals surface area contributed by atoms with E-state index in [9.17, 15) is 19.2 Å². The van der Waals surface area contributed by atoms with Crippen LogP contribution >= 0.6 is 0 Å². The van der Waals surface area contributed by atoms with Crippen LogP contribution in [0.15, 0.2) is 11.0 Å². The minimum atomic E-state index is -0.786. The molecule has 2 saturated heterocycles. The van der Waals surface area contributed by atoms with Gasteiger partial charge in [-0.2, -0.15) is 4.98 Å². The lowest BCUT2D eigenvalue weighted by Gasteiger charge is -2.31. The van der Waals surface area contributed by atoms with E-state index in [4.69, 9.17) is 5.11 Å². The summed E-state index contributed by atoms with van der Waals surface area (Å²) in [5.74, 6) is -1.01. The fraction of sp³-hybridized carbons (Fsp3) is 0.556. The van der Waals surface area contributed by atoms with Gasteiger partial charge in [0.25, 0.3) is 0 Å². The fourth-order valence-corrected chi connectivity index (χ4v) is 4.10. The lowest BCUT2D eigenvalue weighted by atomic mass is 9.94. The Morgan fingerprint density at radius 1 is 1.24 bits per heavy atom. The number of imide groups is 1. The molecule has 1 atom stereocenters. The van der Waals surface area contributed by atoms with Gasteiger partial charge < -0.3 is 10.0 Å². The summed E-state index contributed by atoms with van der Waals surface area (Å²) in [6, 6.07) is -0.773. The summed E-state index contributed by atoms with van der Waals surface area (Å²) in [6.07, 6.45) is 3.60. The van der Waals surface area contributed by atoms with E-state index in [-0.39, 0.29) is 36.8 Å². The summed E-state index contributed by atoms with van der Waals surface area (Å²) >= 11 is 0. The molecule has 11 heteroatoms. The molecule has 2 amide bonds. The Hall–Kier alpha value is -3.24. The van der Waals surface area contributed by atoms with Crippen LogP contribution in [-0.2, 0) is 21.4 Å². The van der Waals surface area contributed by atoms with Crippen molar-refractivity contribution in [2.75, 3.05) is 18.0 Å². The molecule has 0 bridgehead atoms. The molecular formula is C18H22N6O5. The quantitative estimate of drug-likeness (QED) is 0.670. The molecule has 29 heavy (non-hydrogen) atoms. The molecule has 2 N–H and O–H groups in total. The molecule has 2 aromatic heterocycles. The molecule has 4 rings (SSSR count). The van der Waals surface area contributed by atoms with E-state index in [1.165, 1.54) is 15.3 Å². The number of piperidine rings is 2. The summed E-state index contributed by atoms with van der Waals surface area (Å²) in [5.41, 5.74) is 0.468. The Morgan fingerprint density at radius 3 is 2.62 bits per heavy atom. The van der Waals surface area contributed by atoms with Gasteiger partial charge in [0.15, 0.2) is 5.65 Å². The molecule has 2 aliphatic rings. The molecule has 0 radical (unpaired) electrons. The summed E-state index contributed by atoms with van der Waals surface area (Å²) in [5, 5.41) is 11.2. The monoisotopic (exact) mass is 402 g/mol. The maximum atomic E-state index is 12.8. The zero-order valence-electron chi connectivity index (χ0n) is 16.0. The summed E-state index contributed by atoms with van der Waals surface area (Å²) < 4.78 is 2.72. The average molecular weight is 402 g/mol. The zero-order valence-corrected chi connectivity index (χ0v) is 16.0. The highest BCUT2D eigenvalue weighted by Gasteiger charge is 2.32. The Bertz CT molecular complexity index is 1050. The molecule has 0 saturated carbocycles. The topological polar surface area (TPSA) is 139 Å². The van der Waals surface area contributed by atoms with Crippen molar-refractivity contribution in [1.29, 1.82) is 0 Å². The van der Waals surface area contributed by atoms with Gasteiger partial charge in [-0.15, -0.1) is 0 Å². The third kappa shape index (κ3) is 3.47. The van der Waals surface area contributed by atoms with Crippen LogP contribution in [-0.4, -0.2) is 55.1 Å². The van der Waals surface area contributed by atoms with Crippen LogP contribution in [0.5, 0.6) is 0 Å². The average Bonchev–Trinajstić information content (AvgIpc) is 2.93. The van der Waals surface area contributed by atoms with Crippen molar-refractivity contribution in [2.45, 2.75) is 38.1 Å². The third-order valence-corrected chi connectivity index (χ3v) is 5.69. The van der Waals surface area contributed by atoms with Crippen LogP contribution < -0.4 is 15.9 Å². The minimum Gasteiger partial charge on any atom is -0.481 e. The summed E-state index contributed by atoms with van der Waals surface area (Å²) in [6.45, 7) is 1.29. The number of carbonyl (C=O) groups excluding carboxylic acids is 2. The second-order valence-corrected chi connectivity index (χ2v) is 7.59. The first kappa shape index (κ1) is 19.1. The molecule has 2 aromatic rings. The second-order valence-electron chi connectivity index (χ2n) is 7.59. The highest BCUT2D eigenvalue weighted by molar-refractivity contribution is 6.00. The minimum absolute atomic E-state index is 0.144. The first-order chi connectivity index (χ1) is 13.8. The lowest BCUT2D eigenvalue weighted by Crippen LogP contribution is -2.44. The van der Waals surface area contributed by atoms with Gasteiger partial charge in [0.1, 0.15) is 11.6 Å². The van der Waals surface area contributed by atoms with Crippen molar-refractivity contribution in [2.24, 2.45) is 13.0 Å². The van der Waals surface area contributed by atoms with Gasteiger partial charge in [0.2, 0.25) is 17.8 Å². The molecular weight excluding hydrogens is 380 g/mol. The van der Waals surface area contributed by atoms with E-state index < -0.39 is 17.9 Å². The number of carboxylic acids is 1. The van der Waals surface area contributed by atoms with E-state index in [1.807, 2.05) is 4.90 Å². The predicted molar refractivity (Wildman–Crippen MR) is 101 cm³/mol. The molecule has 0 aliphatic carbocycles. The number of hydrogen-bond acceptors (Lipinski definition) is 7. The number of anilines is 1. The molecule has 11 nitrogen and oxygen atoms in total. The van der Waals surface area contributed by atoms with Gasteiger partial charge in [0.05, 0.1) is 6.20 Å². The summed E-state index contributed by atoms with van der Waals surface area (Å²) in [4.78, 5) is 58.2. The molecule has 1 unspecified atom stereocenters. The standard InChI is InChI=1S/C18H22N6O5/c1-22-15-12(24(18(22)29)11-2-3-13(25)20-16(11)28)9-19-17(21-15)23-6-4-10(5-7-23)8-14(26)27/h9-11H,2-8H2,1H3,(H,26,27)(H,20,25,28). The number of rotatable bonds is 4. The third-order valence-electron chi connectivity index (χ3n) is 5.69. The Morgan fingerprint density at radius 2 is 1.97 bits per heavy atom. The van der Waals surface area contributed by atoms with Crippen LogP contribution in [0, 0.1) is 5.92 Å². The van der Waals surface area contributed by atoms with Crippen molar-refractivity contribution >= 4 is 34.9 Å². The van der Waals surface area contributed by atoms with Crippen LogP contribution in [0.25, 0.3) is 11.2 Å². The molecule has 2 aliphatic heterocycles. The molecule has 2 fully saturated rings. The van der Waals surface area contributed by atoms with Crippen molar-refractivity contribution in [3.05, 3.63) is 16.7 Å². The molecule has 0 aromatic carbocycles. The SMILES string of the molecule is Cn1c(=O)n(C2CCC(=O)NC2=O)c2cnc(N3CCC(CC(=O)O)CC3)nc21. The van der Waals surface area contributed by atoms with E-state index in [0.29, 0.717) is 30.2 Å². The number of carboxylic acid groups (broad SMARTS) is 1. The van der Waals surface area contributed by atoms with Gasteiger partial charge in [-0.25, -0.2) is 9.78 Å². The van der Waals surface area contributed by atoms with E-state index in [2.05, 4.69) is 15.3 Å². The number of aromatic nitrogens is 4. The number of aryl methyl sites for hydroxylation is 1. The highest BCUT2D eigenvalue weighted by Crippen LogP contribution is 2.26. The number of nitrogens with one attached hydrogen (secondary N) is 1.